The van der Waals surface area contributed by atoms with Gasteiger partial charge in [-0.1, -0.05) is 0 Å². The molecular formula is C15H18N4O3S2. The summed E-state index contributed by atoms with van der Waals surface area (Å²) in [5.74, 6) is -0.254. The monoisotopic (exact) mass is 366 g/mol. The predicted octanol–water partition coefficient (Wildman–Crippen LogP) is 1.89. The van der Waals surface area contributed by atoms with Gasteiger partial charge in [-0.3, -0.25) is 15.1 Å². The molecule has 9 heteroatoms. The van der Waals surface area contributed by atoms with E-state index < -0.39 is 15.3 Å². The van der Waals surface area contributed by atoms with Crippen molar-refractivity contribution in [2.75, 3.05) is 11.9 Å². The van der Waals surface area contributed by atoms with Crippen molar-refractivity contribution < 1.29 is 13.2 Å². The Hall–Kier alpha value is -1.84. The van der Waals surface area contributed by atoms with E-state index in [2.05, 4.69) is 15.3 Å². The lowest BCUT2D eigenvalue weighted by atomic mass is 10.2. The van der Waals surface area contributed by atoms with Gasteiger partial charge in [0.15, 0.2) is 5.13 Å². The van der Waals surface area contributed by atoms with Gasteiger partial charge in [0, 0.05) is 42.3 Å². The summed E-state index contributed by atoms with van der Waals surface area (Å²) < 4.78 is 26.1. The van der Waals surface area contributed by atoms with Crippen LogP contribution in [0, 0.1) is 0 Å². The van der Waals surface area contributed by atoms with E-state index in [0.29, 0.717) is 30.2 Å². The highest BCUT2D eigenvalue weighted by molar-refractivity contribution is 7.89. The molecule has 7 nitrogen and oxygen atoms in total. The van der Waals surface area contributed by atoms with Crippen LogP contribution < -0.4 is 5.32 Å². The van der Waals surface area contributed by atoms with Crippen LogP contribution in [0.25, 0.3) is 0 Å². The molecule has 0 saturated heterocycles. The molecule has 128 valence electrons. The molecule has 0 radical (unpaired) electrons. The van der Waals surface area contributed by atoms with Gasteiger partial charge in [-0.15, -0.1) is 11.3 Å². The number of hydrogen-bond donors (Lipinski definition) is 1. The minimum absolute atomic E-state index is 0.254. The van der Waals surface area contributed by atoms with Crippen molar-refractivity contribution in [3.8, 4) is 0 Å². The fourth-order valence-corrected chi connectivity index (χ4v) is 4.77. The van der Waals surface area contributed by atoms with Crippen molar-refractivity contribution in [3.05, 3.63) is 40.7 Å². The van der Waals surface area contributed by atoms with Gasteiger partial charge in [-0.2, -0.15) is 4.31 Å². The van der Waals surface area contributed by atoms with E-state index in [1.165, 1.54) is 15.6 Å². The first-order valence-electron chi connectivity index (χ1n) is 7.57. The van der Waals surface area contributed by atoms with Gasteiger partial charge in [-0.25, -0.2) is 13.4 Å². The summed E-state index contributed by atoms with van der Waals surface area (Å²) in [6.07, 6.45) is 3.66. The number of anilines is 1. The number of nitrogens with one attached hydrogen (secondary N) is 1. The number of hydrogen-bond acceptors (Lipinski definition) is 6. The number of thiazole rings is 1. The third-order valence-corrected chi connectivity index (χ3v) is 7.04. The predicted molar refractivity (Wildman–Crippen MR) is 92.5 cm³/mol. The summed E-state index contributed by atoms with van der Waals surface area (Å²) in [7, 11) is -3.28. The van der Waals surface area contributed by atoms with Crippen LogP contribution in [0.3, 0.4) is 0 Å². The zero-order valence-corrected chi connectivity index (χ0v) is 15.0. The molecule has 1 N–H and O–H groups in total. The lowest BCUT2D eigenvalue weighted by molar-refractivity contribution is 0.102. The number of pyridine rings is 1. The summed E-state index contributed by atoms with van der Waals surface area (Å²) in [4.78, 5) is 21.4. The smallest absolute Gasteiger partial charge is 0.257 e. The molecule has 0 spiro atoms. The van der Waals surface area contributed by atoms with Crippen molar-refractivity contribution in [3.63, 3.8) is 0 Å². The Labute approximate surface area is 144 Å². The molecule has 2 aromatic rings. The first-order valence-corrected chi connectivity index (χ1v) is 9.89. The third kappa shape index (κ3) is 3.33. The largest absolute Gasteiger partial charge is 0.298 e. The molecule has 0 bridgehead atoms. The lowest BCUT2D eigenvalue weighted by Crippen LogP contribution is -2.39. The highest BCUT2D eigenvalue weighted by atomic mass is 32.2. The molecule has 24 heavy (non-hydrogen) atoms. The maximum absolute atomic E-state index is 12.3. The summed E-state index contributed by atoms with van der Waals surface area (Å²) >= 11 is 1.33. The van der Waals surface area contributed by atoms with Gasteiger partial charge in [0.05, 0.1) is 10.9 Å². The number of sulfonamides is 1. The summed E-state index contributed by atoms with van der Waals surface area (Å²) in [5.41, 5.74) is 1.36. The summed E-state index contributed by atoms with van der Waals surface area (Å²) in [5, 5.41) is 2.81. The number of amides is 1. The minimum atomic E-state index is -3.28. The molecule has 0 saturated carbocycles. The normalized spacial score (nSPS) is 15.3. The maximum atomic E-state index is 12.3. The van der Waals surface area contributed by atoms with Crippen LogP contribution in [-0.2, 0) is 23.0 Å². The van der Waals surface area contributed by atoms with E-state index in [9.17, 15) is 13.2 Å². The Bertz CT molecular complexity index is 847. The van der Waals surface area contributed by atoms with Crippen molar-refractivity contribution >= 4 is 32.4 Å². The Balaban J connectivity index is 1.75. The van der Waals surface area contributed by atoms with Crippen molar-refractivity contribution in [1.29, 1.82) is 0 Å². The molecule has 3 heterocycles. The van der Waals surface area contributed by atoms with Gasteiger partial charge in [0.2, 0.25) is 10.0 Å². The number of carbonyl (C=O) groups is 1. The quantitative estimate of drug-likeness (QED) is 0.892. The average molecular weight is 366 g/mol. The standard InChI is InChI=1S/C15H18N4O3S2/c1-10(2)24(21,22)19-8-5-12-13(9-19)23-15(17-12)18-14(20)11-3-6-16-7-4-11/h3-4,6-7,10H,5,8-9H2,1-2H3,(H,17,18,20). The fourth-order valence-electron chi connectivity index (χ4n) is 2.41. The molecule has 0 aliphatic carbocycles. The lowest BCUT2D eigenvalue weighted by Gasteiger charge is -2.26. The average Bonchev–Trinajstić information content (AvgIpc) is 2.96. The van der Waals surface area contributed by atoms with E-state index in [4.69, 9.17) is 0 Å². The van der Waals surface area contributed by atoms with E-state index in [-0.39, 0.29) is 5.91 Å². The second kappa shape index (κ2) is 6.58. The van der Waals surface area contributed by atoms with Crippen LogP contribution in [0.15, 0.2) is 24.5 Å². The van der Waals surface area contributed by atoms with E-state index in [1.54, 1.807) is 38.4 Å². The highest BCUT2D eigenvalue weighted by Crippen LogP contribution is 2.30. The van der Waals surface area contributed by atoms with E-state index in [0.717, 1.165) is 10.6 Å². The number of nitrogens with zero attached hydrogens (tertiary/aromatic N) is 3. The first-order chi connectivity index (χ1) is 11.4. The second-order valence-corrected chi connectivity index (χ2v) is 9.33. The molecule has 0 atom stereocenters. The zero-order chi connectivity index (χ0) is 17.3. The Kier molecular flexibility index (Phi) is 4.66. The van der Waals surface area contributed by atoms with Gasteiger partial charge in [-0.05, 0) is 26.0 Å². The summed E-state index contributed by atoms with van der Waals surface area (Å²) in [6, 6.07) is 3.25. The Morgan fingerprint density at radius 3 is 2.71 bits per heavy atom. The van der Waals surface area contributed by atoms with Crippen LogP contribution in [-0.4, -0.2) is 40.4 Å². The van der Waals surface area contributed by atoms with Crippen molar-refractivity contribution in [1.82, 2.24) is 14.3 Å². The number of fused-ring (bicyclic) bond motifs is 1. The second-order valence-electron chi connectivity index (χ2n) is 5.76. The molecule has 0 fully saturated rings. The van der Waals surface area contributed by atoms with E-state index in [1.807, 2.05) is 0 Å². The third-order valence-electron chi connectivity index (χ3n) is 3.81. The molecule has 1 aliphatic heterocycles. The van der Waals surface area contributed by atoms with Crippen LogP contribution in [0.4, 0.5) is 5.13 Å². The van der Waals surface area contributed by atoms with Gasteiger partial charge in [0.1, 0.15) is 0 Å². The molecule has 1 aliphatic rings. The van der Waals surface area contributed by atoms with Gasteiger partial charge >= 0.3 is 0 Å². The van der Waals surface area contributed by atoms with Crippen LogP contribution in [0.5, 0.6) is 0 Å². The van der Waals surface area contributed by atoms with Gasteiger partial charge < -0.3 is 0 Å². The van der Waals surface area contributed by atoms with Crippen LogP contribution in [0.2, 0.25) is 0 Å². The summed E-state index contributed by atoms with van der Waals surface area (Å²) in [6.45, 7) is 4.10. The molecule has 2 aromatic heterocycles. The van der Waals surface area contributed by atoms with Crippen molar-refractivity contribution in [2.45, 2.75) is 32.1 Å². The molecule has 1 amide bonds. The molecule has 0 unspecified atom stereocenters. The Morgan fingerprint density at radius 1 is 1.33 bits per heavy atom. The highest BCUT2D eigenvalue weighted by Gasteiger charge is 2.31. The van der Waals surface area contributed by atoms with Gasteiger partial charge in [0.25, 0.3) is 5.91 Å². The first kappa shape index (κ1) is 17.0. The SMILES string of the molecule is CC(C)S(=O)(=O)N1CCc2nc(NC(=O)c3ccncc3)sc2C1. The Morgan fingerprint density at radius 2 is 2.04 bits per heavy atom. The molecule has 0 aromatic carbocycles. The number of rotatable bonds is 4. The van der Waals surface area contributed by atoms with E-state index >= 15 is 0 Å². The topological polar surface area (TPSA) is 92.3 Å². The zero-order valence-electron chi connectivity index (χ0n) is 13.4. The molecular weight excluding hydrogens is 348 g/mol. The van der Waals surface area contributed by atoms with Crippen molar-refractivity contribution in [2.24, 2.45) is 0 Å². The number of carbonyl (C=O) groups excluding carboxylic acids is 1. The fraction of sp³-hybridized carbons (Fsp3) is 0.400. The molecule has 3 rings (SSSR count). The number of aromatic nitrogens is 2. The minimum Gasteiger partial charge on any atom is -0.298 e. The van der Waals surface area contributed by atoms with Crippen LogP contribution >= 0.6 is 11.3 Å². The van der Waals surface area contributed by atoms with Crippen LogP contribution in [0.1, 0.15) is 34.8 Å². The maximum Gasteiger partial charge on any atom is 0.257 e.